The first-order valence-corrected chi connectivity index (χ1v) is 9.33. The topological polar surface area (TPSA) is 96.9 Å². The van der Waals surface area contributed by atoms with E-state index in [2.05, 4.69) is 15.4 Å². The fourth-order valence-corrected chi connectivity index (χ4v) is 3.74. The molecule has 0 fully saturated rings. The van der Waals surface area contributed by atoms with Crippen LogP contribution in [0, 0.1) is 5.82 Å². The molecule has 0 bridgehead atoms. The molecule has 9 heteroatoms. The number of aromatic nitrogens is 3. The standard InChI is InChI=1S/C18H13FN4O3S/c19-13-1-3-14(4-2-13)21-18(24)17-8-10-23(22-17)27(25,26)15-5-6-16-12(11-15)7-9-20-16/h1-11,20H,(H,21,24). The Morgan fingerprint density at radius 3 is 2.63 bits per heavy atom. The van der Waals surface area contributed by atoms with Crippen molar-refractivity contribution in [3.05, 3.63) is 78.5 Å². The van der Waals surface area contributed by atoms with Crippen molar-refractivity contribution in [2.24, 2.45) is 0 Å². The van der Waals surface area contributed by atoms with E-state index in [4.69, 9.17) is 0 Å². The first kappa shape index (κ1) is 17.0. The van der Waals surface area contributed by atoms with Crippen molar-refractivity contribution in [1.82, 2.24) is 14.2 Å². The fraction of sp³-hybridized carbons (Fsp3) is 0. The molecule has 27 heavy (non-hydrogen) atoms. The van der Waals surface area contributed by atoms with E-state index < -0.39 is 21.7 Å². The Labute approximate surface area is 153 Å². The van der Waals surface area contributed by atoms with E-state index >= 15 is 0 Å². The minimum Gasteiger partial charge on any atom is -0.361 e. The number of hydrogen-bond donors (Lipinski definition) is 2. The summed E-state index contributed by atoms with van der Waals surface area (Å²) in [5.41, 5.74) is 1.11. The van der Waals surface area contributed by atoms with Crippen molar-refractivity contribution in [2.75, 3.05) is 5.32 Å². The predicted octanol–water partition coefficient (Wildman–Crippen LogP) is 2.99. The van der Waals surface area contributed by atoms with E-state index in [0.29, 0.717) is 5.69 Å². The number of aromatic amines is 1. The van der Waals surface area contributed by atoms with Crippen LogP contribution in [0.2, 0.25) is 0 Å². The molecule has 2 N–H and O–H groups in total. The summed E-state index contributed by atoms with van der Waals surface area (Å²) in [7, 11) is -3.94. The van der Waals surface area contributed by atoms with Gasteiger partial charge in [-0.3, -0.25) is 4.79 Å². The summed E-state index contributed by atoms with van der Waals surface area (Å²) in [5.74, 6) is -1.03. The summed E-state index contributed by atoms with van der Waals surface area (Å²) in [5, 5.41) is 7.15. The van der Waals surface area contributed by atoms with Crippen LogP contribution in [-0.2, 0) is 10.0 Å². The average molecular weight is 384 g/mol. The van der Waals surface area contributed by atoms with Crippen molar-refractivity contribution >= 4 is 32.5 Å². The maximum absolute atomic E-state index is 12.9. The van der Waals surface area contributed by atoms with E-state index in [1.165, 1.54) is 48.7 Å². The van der Waals surface area contributed by atoms with Gasteiger partial charge < -0.3 is 10.3 Å². The van der Waals surface area contributed by atoms with Gasteiger partial charge in [-0.15, -0.1) is 0 Å². The molecule has 2 aromatic heterocycles. The van der Waals surface area contributed by atoms with Crippen LogP contribution in [0.4, 0.5) is 10.1 Å². The summed E-state index contributed by atoms with van der Waals surface area (Å²) in [6.07, 6.45) is 2.92. The number of nitrogens with one attached hydrogen (secondary N) is 2. The molecule has 0 spiro atoms. The van der Waals surface area contributed by atoms with Gasteiger partial charge in [0.1, 0.15) is 5.82 Å². The molecule has 0 saturated heterocycles. The molecule has 0 aliphatic heterocycles. The Morgan fingerprint density at radius 2 is 1.85 bits per heavy atom. The third-order valence-corrected chi connectivity index (χ3v) is 5.52. The summed E-state index contributed by atoms with van der Waals surface area (Å²) in [6.45, 7) is 0. The third-order valence-electron chi connectivity index (χ3n) is 3.97. The minimum atomic E-state index is -3.94. The Hall–Kier alpha value is -3.46. The first-order chi connectivity index (χ1) is 12.9. The van der Waals surface area contributed by atoms with Crippen LogP contribution >= 0.6 is 0 Å². The van der Waals surface area contributed by atoms with Crippen LogP contribution in [0.25, 0.3) is 10.9 Å². The highest BCUT2D eigenvalue weighted by molar-refractivity contribution is 7.89. The summed E-state index contributed by atoms with van der Waals surface area (Å²) in [6, 6.07) is 12.9. The number of halogens is 1. The summed E-state index contributed by atoms with van der Waals surface area (Å²) < 4.78 is 39.2. The van der Waals surface area contributed by atoms with Crippen LogP contribution in [0.5, 0.6) is 0 Å². The lowest BCUT2D eigenvalue weighted by molar-refractivity contribution is 0.102. The highest BCUT2D eigenvalue weighted by atomic mass is 32.2. The monoisotopic (exact) mass is 384 g/mol. The second kappa shape index (κ2) is 6.36. The number of fused-ring (bicyclic) bond motifs is 1. The van der Waals surface area contributed by atoms with Gasteiger partial charge in [0, 0.05) is 29.0 Å². The van der Waals surface area contributed by atoms with E-state index in [0.717, 1.165) is 15.0 Å². The number of amides is 1. The fourth-order valence-electron chi connectivity index (χ4n) is 2.59. The number of carbonyl (C=O) groups excluding carboxylic acids is 1. The molecular formula is C18H13FN4O3S. The molecule has 136 valence electrons. The van der Waals surface area contributed by atoms with Gasteiger partial charge in [-0.1, -0.05) is 0 Å². The summed E-state index contributed by atoms with van der Waals surface area (Å²) in [4.78, 5) is 15.3. The zero-order valence-corrected chi connectivity index (χ0v) is 14.6. The molecule has 0 unspecified atom stereocenters. The van der Waals surface area contributed by atoms with Crippen LogP contribution in [0.3, 0.4) is 0 Å². The predicted molar refractivity (Wildman–Crippen MR) is 97.5 cm³/mol. The number of H-pyrrole nitrogens is 1. The van der Waals surface area contributed by atoms with Gasteiger partial charge in [-0.25, -0.2) is 4.39 Å². The molecule has 0 atom stereocenters. The molecule has 4 rings (SSSR count). The molecule has 0 aliphatic rings. The van der Waals surface area contributed by atoms with Gasteiger partial charge in [0.05, 0.1) is 4.90 Å². The molecule has 7 nitrogen and oxygen atoms in total. The zero-order valence-electron chi connectivity index (χ0n) is 13.8. The lowest BCUT2D eigenvalue weighted by Gasteiger charge is -2.05. The normalized spacial score (nSPS) is 11.6. The maximum atomic E-state index is 12.9. The number of anilines is 1. The van der Waals surface area contributed by atoms with E-state index in [9.17, 15) is 17.6 Å². The van der Waals surface area contributed by atoms with Crippen LogP contribution in [0.15, 0.2) is 71.9 Å². The largest absolute Gasteiger partial charge is 0.361 e. The lowest BCUT2D eigenvalue weighted by atomic mass is 10.2. The molecule has 2 aromatic carbocycles. The van der Waals surface area contributed by atoms with Crippen LogP contribution in [-0.4, -0.2) is 28.5 Å². The maximum Gasteiger partial charge on any atom is 0.282 e. The van der Waals surface area contributed by atoms with Crippen molar-refractivity contribution in [1.29, 1.82) is 0 Å². The van der Waals surface area contributed by atoms with E-state index in [1.54, 1.807) is 18.3 Å². The van der Waals surface area contributed by atoms with Crippen molar-refractivity contribution in [3.8, 4) is 0 Å². The number of rotatable bonds is 4. The molecule has 0 radical (unpaired) electrons. The molecule has 4 aromatic rings. The third kappa shape index (κ3) is 3.20. The number of benzene rings is 2. The van der Waals surface area contributed by atoms with E-state index in [-0.39, 0.29) is 10.6 Å². The lowest BCUT2D eigenvalue weighted by Crippen LogP contribution is -2.17. The highest BCUT2D eigenvalue weighted by Gasteiger charge is 2.20. The Morgan fingerprint density at radius 1 is 1.07 bits per heavy atom. The second-order valence-electron chi connectivity index (χ2n) is 5.77. The van der Waals surface area contributed by atoms with Crippen molar-refractivity contribution in [3.63, 3.8) is 0 Å². The Kier molecular flexibility index (Phi) is 4.00. The molecule has 0 saturated carbocycles. The minimum absolute atomic E-state index is 0.0585. The quantitative estimate of drug-likeness (QED) is 0.565. The SMILES string of the molecule is O=C(Nc1ccc(F)cc1)c1ccn(S(=O)(=O)c2ccc3[nH]ccc3c2)n1. The average Bonchev–Trinajstić information content (AvgIpc) is 3.32. The van der Waals surface area contributed by atoms with Gasteiger partial charge in [-0.2, -0.15) is 17.6 Å². The smallest absolute Gasteiger partial charge is 0.282 e. The van der Waals surface area contributed by atoms with Gasteiger partial charge in [0.25, 0.3) is 15.9 Å². The molecule has 1 amide bonds. The van der Waals surface area contributed by atoms with Gasteiger partial charge in [-0.05, 0) is 54.6 Å². The Balaban J connectivity index is 1.60. The summed E-state index contributed by atoms with van der Waals surface area (Å²) >= 11 is 0. The Bertz CT molecular complexity index is 1240. The molecular weight excluding hydrogens is 371 g/mol. The van der Waals surface area contributed by atoms with Crippen molar-refractivity contribution in [2.45, 2.75) is 4.90 Å². The number of hydrogen-bond acceptors (Lipinski definition) is 4. The second-order valence-corrected chi connectivity index (χ2v) is 7.56. The van der Waals surface area contributed by atoms with Gasteiger partial charge >= 0.3 is 0 Å². The van der Waals surface area contributed by atoms with Crippen molar-refractivity contribution < 1.29 is 17.6 Å². The highest BCUT2D eigenvalue weighted by Crippen LogP contribution is 2.20. The van der Waals surface area contributed by atoms with Gasteiger partial charge in [0.15, 0.2) is 5.69 Å². The van der Waals surface area contributed by atoms with Crippen LogP contribution in [0.1, 0.15) is 10.5 Å². The number of carbonyl (C=O) groups is 1. The number of nitrogens with zero attached hydrogens (tertiary/aromatic N) is 2. The molecule has 0 aliphatic carbocycles. The van der Waals surface area contributed by atoms with E-state index in [1.807, 2.05) is 0 Å². The first-order valence-electron chi connectivity index (χ1n) is 7.89. The zero-order chi connectivity index (χ0) is 19.0. The molecule has 2 heterocycles. The van der Waals surface area contributed by atoms with Gasteiger partial charge in [0.2, 0.25) is 0 Å². The van der Waals surface area contributed by atoms with Crippen LogP contribution < -0.4 is 5.32 Å².